The maximum Gasteiger partial charge on any atom is 0.0943 e. The van der Waals surface area contributed by atoms with Crippen molar-refractivity contribution in [3.8, 4) is 0 Å². The molecule has 2 rings (SSSR count). The smallest absolute Gasteiger partial charge is 0.0943 e. The number of rotatable bonds is 7. The lowest BCUT2D eigenvalue weighted by Crippen LogP contribution is -2.34. The second-order valence-electron chi connectivity index (χ2n) is 5.02. The third-order valence-electron chi connectivity index (χ3n) is 3.18. The van der Waals surface area contributed by atoms with E-state index in [-0.39, 0.29) is 0 Å². The van der Waals surface area contributed by atoms with Gasteiger partial charge >= 0.3 is 0 Å². The Morgan fingerprint density at radius 2 is 2.25 bits per heavy atom. The van der Waals surface area contributed by atoms with E-state index in [4.69, 9.17) is 5.73 Å². The number of thiazole rings is 1. The minimum Gasteiger partial charge on any atom is -0.398 e. The van der Waals surface area contributed by atoms with Crippen LogP contribution in [0.4, 0.5) is 5.69 Å². The molecule has 0 aliphatic heterocycles. The van der Waals surface area contributed by atoms with Gasteiger partial charge in [0.2, 0.25) is 0 Å². The molecule has 2 heterocycles. The minimum atomic E-state index is 0.354. The molecule has 0 radical (unpaired) electrons. The molecule has 5 heteroatoms. The van der Waals surface area contributed by atoms with Crippen molar-refractivity contribution < 1.29 is 0 Å². The number of nitrogens with zero attached hydrogens (tertiary/aromatic N) is 2. The van der Waals surface area contributed by atoms with Gasteiger partial charge in [-0.1, -0.05) is 6.92 Å². The summed E-state index contributed by atoms with van der Waals surface area (Å²) in [5.74, 6) is 0. The summed E-state index contributed by atoms with van der Waals surface area (Å²) in [6, 6.07) is 2.21. The van der Waals surface area contributed by atoms with Crippen LogP contribution in [0.5, 0.6) is 0 Å². The van der Waals surface area contributed by atoms with E-state index in [0.29, 0.717) is 6.04 Å². The number of aryl methyl sites for hydroxylation is 1. The van der Waals surface area contributed by atoms with Gasteiger partial charge in [0, 0.05) is 41.6 Å². The van der Waals surface area contributed by atoms with Crippen molar-refractivity contribution in [3.63, 3.8) is 0 Å². The van der Waals surface area contributed by atoms with Gasteiger partial charge in [-0.3, -0.25) is 4.98 Å². The normalized spacial score (nSPS) is 12.5. The lowest BCUT2D eigenvalue weighted by Gasteiger charge is -2.18. The first-order chi connectivity index (χ1) is 9.69. The Kier molecular flexibility index (Phi) is 5.49. The summed E-state index contributed by atoms with van der Waals surface area (Å²) in [6.07, 6.45) is 6.54. The van der Waals surface area contributed by atoms with Crippen molar-refractivity contribution >= 4 is 17.0 Å². The summed E-state index contributed by atoms with van der Waals surface area (Å²) in [6.45, 7) is 5.22. The van der Waals surface area contributed by atoms with Crippen molar-refractivity contribution in [3.05, 3.63) is 40.1 Å². The fourth-order valence-electron chi connectivity index (χ4n) is 2.15. The van der Waals surface area contributed by atoms with Crippen LogP contribution in [0.25, 0.3) is 0 Å². The van der Waals surface area contributed by atoms with E-state index < -0.39 is 0 Å². The van der Waals surface area contributed by atoms with E-state index in [9.17, 15) is 0 Å². The molecule has 0 amide bonds. The van der Waals surface area contributed by atoms with Crippen molar-refractivity contribution in [1.82, 2.24) is 15.3 Å². The molecule has 0 fully saturated rings. The predicted molar refractivity (Wildman–Crippen MR) is 85.0 cm³/mol. The summed E-state index contributed by atoms with van der Waals surface area (Å²) in [7, 11) is 0. The van der Waals surface area contributed by atoms with E-state index in [2.05, 4.69) is 27.6 Å². The highest BCUT2D eigenvalue weighted by Crippen LogP contribution is 2.16. The number of nitrogens with two attached hydrogens (primary N) is 1. The Bertz CT molecular complexity index is 538. The van der Waals surface area contributed by atoms with Crippen LogP contribution >= 0.6 is 11.3 Å². The molecule has 0 aliphatic carbocycles. The quantitative estimate of drug-likeness (QED) is 0.822. The highest BCUT2D eigenvalue weighted by Gasteiger charge is 2.13. The molecule has 0 aromatic carbocycles. The van der Waals surface area contributed by atoms with Crippen LogP contribution < -0.4 is 11.1 Å². The average Bonchev–Trinajstić information content (AvgIpc) is 2.84. The zero-order valence-corrected chi connectivity index (χ0v) is 12.9. The van der Waals surface area contributed by atoms with Gasteiger partial charge in [0.05, 0.1) is 5.01 Å². The van der Waals surface area contributed by atoms with Crippen molar-refractivity contribution in [2.24, 2.45) is 0 Å². The van der Waals surface area contributed by atoms with Crippen molar-refractivity contribution in [2.45, 2.75) is 39.2 Å². The van der Waals surface area contributed by atoms with Gasteiger partial charge in [0.1, 0.15) is 0 Å². The first kappa shape index (κ1) is 14.9. The highest BCUT2D eigenvalue weighted by molar-refractivity contribution is 7.09. The lowest BCUT2D eigenvalue weighted by molar-refractivity contribution is 0.504. The molecule has 0 saturated carbocycles. The second kappa shape index (κ2) is 7.36. The third kappa shape index (κ3) is 4.28. The van der Waals surface area contributed by atoms with E-state index in [1.54, 1.807) is 17.5 Å². The second-order valence-corrected chi connectivity index (χ2v) is 5.96. The van der Waals surface area contributed by atoms with Gasteiger partial charge in [-0.15, -0.1) is 11.3 Å². The van der Waals surface area contributed by atoms with Crippen LogP contribution in [-0.4, -0.2) is 22.6 Å². The summed E-state index contributed by atoms with van der Waals surface area (Å²) >= 11 is 1.73. The molecular weight excluding hydrogens is 268 g/mol. The van der Waals surface area contributed by atoms with E-state index >= 15 is 0 Å². The number of aromatic nitrogens is 2. The molecule has 4 nitrogen and oxygen atoms in total. The fourth-order valence-corrected chi connectivity index (χ4v) is 3.00. The average molecular weight is 290 g/mol. The molecule has 2 aromatic rings. The number of nitrogen functional groups attached to an aromatic ring is 1. The number of hydrogen-bond acceptors (Lipinski definition) is 5. The monoisotopic (exact) mass is 290 g/mol. The van der Waals surface area contributed by atoms with E-state index in [1.165, 1.54) is 5.01 Å². The van der Waals surface area contributed by atoms with Crippen LogP contribution in [0.1, 0.15) is 29.6 Å². The molecule has 1 atom stereocenters. The molecular formula is C15H22N4S. The van der Waals surface area contributed by atoms with Crippen LogP contribution in [0, 0.1) is 6.92 Å². The summed E-state index contributed by atoms with van der Waals surface area (Å²) in [5.41, 5.74) is 9.04. The Balaban J connectivity index is 2.05. The third-order valence-corrected chi connectivity index (χ3v) is 4.17. The van der Waals surface area contributed by atoms with E-state index in [1.807, 2.05) is 19.2 Å². The van der Waals surface area contributed by atoms with Gasteiger partial charge in [-0.25, -0.2) is 4.98 Å². The first-order valence-electron chi connectivity index (χ1n) is 7.01. The molecule has 0 aliphatic rings. The SMILES string of the molecule is CCCNC(Cc1nc(C)cs1)Cc1cnccc1N. The summed E-state index contributed by atoms with van der Waals surface area (Å²) in [5, 5.41) is 6.87. The van der Waals surface area contributed by atoms with Gasteiger partial charge in [-0.2, -0.15) is 0 Å². The molecule has 3 N–H and O–H groups in total. The number of anilines is 1. The lowest BCUT2D eigenvalue weighted by atomic mass is 10.0. The topological polar surface area (TPSA) is 63.8 Å². The van der Waals surface area contributed by atoms with E-state index in [0.717, 1.165) is 42.8 Å². The first-order valence-corrected chi connectivity index (χ1v) is 7.89. The van der Waals surface area contributed by atoms with Crippen molar-refractivity contribution in [1.29, 1.82) is 0 Å². The molecule has 0 spiro atoms. The molecule has 0 bridgehead atoms. The van der Waals surface area contributed by atoms with Crippen LogP contribution in [-0.2, 0) is 12.8 Å². The number of nitrogens with one attached hydrogen (secondary N) is 1. The maximum atomic E-state index is 6.01. The number of hydrogen-bond donors (Lipinski definition) is 2. The maximum absolute atomic E-state index is 6.01. The van der Waals surface area contributed by atoms with Gasteiger partial charge < -0.3 is 11.1 Å². The Labute approximate surface area is 124 Å². The largest absolute Gasteiger partial charge is 0.398 e. The minimum absolute atomic E-state index is 0.354. The zero-order valence-electron chi connectivity index (χ0n) is 12.1. The Morgan fingerprint density at radius 1 is 1.40 bits per heavy atom. The van der Waals surface area contributed by atoms with Gasteiger partial charge in [0.25, 0.3) is 0 Å². The Hall–Kier alpha value is -1.46. The van der Waals surface area contributed by atoms with Gasteiger partial charge in [0.15, 0.2) is 0 Å². The standard InChI is InChI=1S/C15H22N4S/c1-3-5-18-13(8-15-19-11(2)10-20-15)7-12-9-17-6-4-14(12)16/h4,6,9-10,13,18H,3,5,7-8H2,1-2H3,(H2,16,17). The van der Waals surface area contributed by atoms with Crippen molar-refractivity contribution in [2.75, 3.05) is 12.3 Å². The van der Waals surface area contributed by atoms with Crippen LogP contribution in [0.15, 0.2) is 23.8 Å². The molecule has 20 heavy (non-hydrogen) atoms. The molecule has 0 saturated heterocycles. The Morgan fingerprint density at radius 3 is 2.90 bits per heavy atom. The molecule has 108 valence electrons. The fraction of sp³-hybridized carbons (Fsp3) is 0.467. The zero-order chi connectivity index (χ0) is 14.4. The predicted octanol–water partition coefficient (Wildman–Crippen LogP) is 2.58. The molecule has 1 unspecified atom stereocenters. The highest BCUT2D eigenvalue weighted by atomic mass is 32.1. The summed E-state index contributed by atoms with van der Waals surface area (Å²) < 4.78 is 0. The van der Waals surface area contributed by atoms with Crippen LogP contribution in [0.2, 0.25) is 0 Å². The van der Waals surface area contributed by atoms with Crippen LogP contribution in [0.3, 0.4) is 0 Å². The number of pyridine rings is 1. The molecule has 2 aromatic heterocycles. The summed E-state index contributed by atoms with van der Waals surface area (Å²) in [4.78, 5) is 8.72. The van der Waals surface area contributed by atoms with Gasteiger partial charge in [-0.05, 0) is 37.9 Å².